The van der Waals surface area contributed by atoms with Crippen LogP contribution >= 0.6 is 11.6 Å². The molecule has 0 aliphatic heterocycles. The van der Waals surface area contributed by atoms with Crippen LogP contribution in [0.4, 0.5) is 4.79 Å². The molecule has 0 amide bonds. The second kappa shape index (κ2) is 9.48. The topological polar surface area (TPSA) is 95.0 Å². The molecule has 1 aromatic carbocycles. The molecular formula is C17H16ClNO6. The highest BCUT2D eigenvalue weighted by molar-refractivity contribution is 6.29. The Morgan fingerprint density at radius 3 is 2.52 bits per heavy atom. The fourth-order valence-corrected chi connectivity index (χ4v) is 1.95. The average molecular weight is 366 g/mol. The van der Waals surface area contributed by atoms with Crippen molar-refractivity contribution in [2.75, 3.05) is 6.61 Å². The largest absolute Gasteiger partial charge is 0.508 e. The summed E-state index contributed by atoms with van der Waals surface area (Å²) < 4.78 is 15.1. The molecule has 0 saturated heterocycles. The Bertz CT molecular complexity index is 692. The van der Waals surface area contributed by atoms with Crippen molar-refractivity contribution in [3.8, 4) is 5.75 Å². The van der Waals surface area contributed by atoms with E-state index in [0.717, 1.165) is 5.56 Å². The van der Waals surface area contributed by atoms with Gasteiger partial charge in [-0.25, -0.2) is 14.6 Å². The van der Waals surface area contributed by atoms with Crippen molar-refractivity contribution in [3.05, 3.63) is 59.4 Å². The molecule has 0 aliphatic carbocycles. The van der Waals surface area contributed by atoms with Crippen molar-refractivity contribution in [3.63, 3.8) is 0 Å². The van der Waals surface area contributed by atoms with E-state index in [9.17, 15) is 9.59 Å². The summed E-state index contributed by atoms with van der Waals surface area (Å²) in [5.41, 5.74) is 0.821. The van der Waals surface area contributed by atoms with Crippen molar-refractivity contribution in [1.29, 1.82) is 0 Å². The van der Waals surface area contributed by atoms with E-state index in [1.807, 2.05) is 30.3 Å². The van der Waals surface area contributed by atoms with E-state index in [1.165, 1.54) is 18.3 Å². The molecule has 7 nitrogen and oxygen atoms in total. The van der Waals surface area contributed by atoms with Crippen LogP contribution < -0.4 is 4.74 Å². The number of rotatable bonds is 8. The van der Waals surface area contributed by atoms with Crippen molar-refractivity contribution in [2.45, 2.75) is 19.1 Å². The number of hydrogen-bond donors (Lipinski definition) is 1. The molecule has 0 bridgehead atoms. The van der Waals surface area contributed by atoms with Crippen LogP contribution in [0.25, 0.3) is 0 Å². The number of aromatic nitrogens is 1. The molecule has 25 heavy (non-hydrogen) atoms. The molecule has 1 atom stereocenters. The van der Waals surface area contributed by atoms with Crippen molar-refractivity contribution in [1.82, 2.24) is 4.98 Å². The second-order valence-electron chi connectivity index (χ2n) is 4.92. The van der Waals surface area contributed by atoms with Crippen LogP contribution in [0.15, 0.2) is 48.7 Å². The molecule has 1 unspecified atom stereocenters. The molecule has 0 spiro atoms. The first-order chi connectivity index (χ1) is 12.0. The summed E-state index contributed by atoms with van der Waals surface area (Å²) in [7, 11) is 0. The number of carbonyl (C=O) groups excluding carboxylic acids is 1. The normalized spacial score (nSPS) is 11.4. The Hall–Kier alpha value is -2.80. The van der Waals surface area contributed by atoms with Gasteiger partial charge >= 0.3 is 12.1 Å². The lowest BCUT2D eigenvalue weighted by molar-refractivity contribution is -0.145. The summed E-state index contributed by atoms with van der Waals surface area (Å²) in [4.78, 5) is 26.5. The van der Waals surface area contributed by atoms with Gasteiger partial charge in [-0.3, -0.25) is 0 Å². The number of carbonyl (C=O) groups is 2. The number of hydrogen-bond acceptors (Lipinski definition) is 6. The van der Waals surface area contributed by atoms with Crippen LogP contribution in [0.1, 0.15) is 12.0 Å². The maximum Gasteiger partial charge on any atom is 0.508 e. The van der Waals surface area contributed by atoms with Crippen LogP contribution in [0, 0.1) is 0 Å². The van der Waals surface area contributed by atoms with Crippen molar-refractivity contribution < 1.29 is 28.9 Å². The van der Waals surface area contributed by atoms with Gasteiger partial charge in [0.15, 0.2) is 6.10 Å². The molecule has 8 heteroatoms. The van der Waals surface area contributed by atoms with Crippen molar-refractivity contribution in [2.24, 2.45) is 0 Å². The standard InChI is InChI=1S/C17H16ClNO6/c18-15-7-6-13(10-19-15)25-14(16(20)21)8-9-23-17(22)24-11-12-4-2-1-3-5-12/h1-7,10,14H,8-9,11H2,(H,20,21). The molecule has 0 aliphatic rings. The number of carboxylic acid groups (broad SMARTS) is 1. The first-order valence-corrected chi connectivity index (χ1v) is 7.77. The summed E-state index contributed by atoms with van der Waals surface area (Å²) in [6.45, 7) is -0.0828. The average Bonchev–Trinajstić information content (AvgIpc) is 2.61. The molecule has 132 valence electrons. The number of ether oxygens (including phenoxy) is 3. The van der Waals surface area contributed by atoms with Gasteiger partial charge in [0.05, 0.1) is 12.8 Å². The van der Waals surface area contributed by atoms with Gasteiger partial charge in [0.25, 0.3) is 0 Å². The second-order valence-corrected chi connectivity index (χ2v) is 5.31. The Morgan fingerprint density at radius 1 is 1.12 bits per heavy atom. The third kappa shape index (κ3) is 6.68. The molecule has 1 N–H and O–H groups in total. The summed E-state index contributed by atoms with van der Waals surface area (Å²) in [6, 6.07) is 12.1. The number of pyridine rings is 1. The summed E-state index contributed by atoms with van der Waals surface area (Å²) in [5.74, 6) is -0.931. The summed E-state index contributed by atoms with van der Waals surface area (Å²) >= 11 is 5.65. The Balaban J connectivity index is 1.74. The SMILES string of the molecule is O=C(OCCC(Oc1ccc(Cl)nc1)C(=O)O)OCc1ccccc1. The predicted molar refractivity (Wildman–Crippen MR) is 88.5 cm³/mol. The van der Waals surface area contributed by atoms with E-state index in [4.69, 9.17) is 30.9 Å². The van der Waals surface area contributed by atoms with Crippen LogP contribution in [-0.2, 0) is 20.9 Å². The van der Waals surface area contributed by atoms with Crippen LogP contribution in [0.2, 0.25) is 5.15 Å². The maximum absolute atomic E-state index is 11.5. The van der Waals surface area contributed by atoms with Crippen LogP contribution in [0.5, 0.6) is 5.75 Å². The highest BCUT2D eigenvalue weighted by Crippen LogP contribution is 2.15. The quantitative estimate of drug-likeness (QED) is 0.566. The first-order valence-electron chi connectivity index (χ1n) is 7.39. The summed E-state index contributed by atoms with van der Waals surface area (Å²) in [5, 5.41) is 9.43. The first kappa shape index (κ1) is 18.5. The highest BCUT2D eigenvalue weighted by atomic mass is 35.5. The molecule has 0 fully saturated rings. The fourth-order valence-electron chi connectivity index (χ4n) is 1.84. The zero-order valence-corrected chi connectivity index (χ0v) is 13.9. The van der Waals surface area contributed by atoms with Gasteiger partial charge < -0.3 is 19.3 Å². The minimum atomic E-state index is -1.19. The van der Waals surface area contributed by atoms with Crippen LogP contribution in [0.3, 0.4) is 0 Å². The number of nitrogens with zero attached hydrogens (tertiary/aromatic N) is 1. The smallest absolute Gasteiger partial charge is 0.479 e. The molecule has 0 radical (unpaired) electrons. The predicted octanol–water partition coefficient (Wildman–Crippen LogP) is 3.31. The Kier molecular flexibility index (Phi) is 7.03. The monoisotopic (exact) mass is 365 g/mol. The minimum Gasteiger partial charge on any atom is -0.479 e. The molecule has 2 rings (SSSR count). The number of halogens is 1. The van der Waals surface area contributed by atoms with Gasteiger partial charge in [0.1, 0.15) is 17.5 Å². The van der Waals surface area contributed by atoms with Gasteiger partial charge in [-0.05, 0) is 17.7 Å². The van der Waals surface area contributed by atoms with E-state index >= 15 is 0 Å². The van der Waals surface area contributed by atoms with E-state index in [2.05, 4.69) is 4.98 Å². The zero-order valence-electron chi connectivity index (χ0n) is 13.1. The lowest BCUT2D eigenvalue weighted by atomic mass is 10.2. The number of aliphatic carboxylic acids is 1. The lowest BCUT2D eigenvalue weighted by Gasteiger charge is -2.14. The van der Waals surface area contributed by atoms with Gasteiger partial charge in [-0.15, -0.1) is 0 Å². The van der Waals surface area contributed by atoms with Crippen molar-refractivity contribution >= 4 is 23.7 Å². The molecule has 1 heterocycles. The number of carboxylic acids is 1. The minimum absolute atomic E-state index is 0.0433. The Labute approximate surface area is 149 Å². The van der Waals surface area contributed by atoms with E-state index < -0.39 is 18.2 Å². The maximum atomic E-state index is 11.5. The van der Waals surface area contributed by atoms with E-state index in [-0.39, 0.29) is 30.5 Å². The van der Waals surface area contributed by atoms with Crippen LogP contribution in [-0.4, -0.2) is 34.9 Å². The van der Waals surface area contributed by atoms with E-state index in [1.54, 1.807) is 0 Å². The Morgan fingerprint density at radius 2 is 1.88 bits per heavy atom. The van der Waals surface area contributed by atoms with Gasteiger partial charge in [0, 0.05) is 6.42 Å². The molecule has 2 aromatic rings. The fraction of sp³-hybridized carbons (Fsp3) is 0.235. The van der Waals surface area contributed by atoms with Gasteiger partial charge in [-0.2, -0.15) is 0 Å². The van der Waals surface area contributed by atoms with Gasteiger partial charge in [-0.1, -0.05) is 41.9 Å². The highest BCUT2D eigenvalue weighted by Gasteiger charge is 2.20. The summed E-state index contributed by atoms with van der Waals surface area (Å²) in [6.07, 6.45) is -0.794. The zero-order chi connectivity index (χ0) is 18.1. The lowest BCUT2D eigenvalue weighted by Crippen LogP contribution is -2.29. The molecular weight excluding hydrogens is 350 g/mol. The molecule has 1 aromatic heterocycles. The van der Waals surface area contributed by atoms with E-state index in [0.29, 0.717) is 0 Å². The third-order valence-electron chi connectivity index (χ3n) is 3.05. The van der Waals surface area contributed by atoms with Gasteiger partial charge in [0.2, 0.25) is 0 Å². The third-order valence-corrected chi connectivity index (χ3v) is 3.28. The number of benzene rings is 1. The molecule has 0 saturated carbocycles.